The lowest BCUT2D eigenvalue weighted by Crippen LogP contribution is -2.36. The fraction of sp³-hybridized carbons (Fsp3) is 0.769. The molecule has 0 spiro atoms. The number of hydrogen-bond acceptors (Lipinski definition) is 2. The molecule has 0 fully saturated rings. The molecule has 0 bridgehead atoms. The van der Waals surface area contributed by atoms with E-state index < -0.39 is 0 Å². The Bertz CT molecular complexity index is 339. The largest absolute Gasteiger partial charge is 0.312 e. The van der Waals surface area contributed by atoms with E-state index in [9.17, 15) is 0 Å². The molecule has 1 aromatic rings. The first-order valence-corrected chi connectivity index (χ1v) is 6.77. The molecule has 0 aliphatic rings. The smallest absolute Gasteiger partial charge is 0.0817 e. The fourth-order valence-electron chi connectivity index (χ4n) is 1.76. The molecular formula is C13H24ClN3. The minimum absolute atomic E-state index is 0.188. The number of aromatic nitrogens is 2. The molecule has 0 aliphatic heterocycles. The zero-order valence-electron chi connectivity index (χ0n) is 11.4. The van der Waals surface area contributed by atoms with Gasteiger partial charge in [-0.3, -0.25) is 4.68 Å². The van der Waals surface area contributed by atoms with Crippen LogP contribution >= 0.6 is 11.6 Å². The molecule has 3 nitrogen and oxygen atoms in total. The molecule has 0 saturated carbocycles. The van der Waals surface area contributed by atoms with Gasteiger partial charge in [-0.15, -0.1) is 0 Å². The predicted octanol–water partition coefficient (Wildman–Crippen LogP) is 3.27. The van der Waals surface area contributed by atoms with Crippen LogP contribution in [0.4, 0.5) is 0 Å². The van der Waals surface area contributed by atoms with Crippen molar-refractivity contribution in [2.24, 2.45) is 0 Å². The van der Waals surface area contributed by atoms with E-state index >= 15 is 0 Å². The Labute approximate surface area is 110 Å². The van der Waals surface area contributed by atoms with Crippen molar-refractivity contribution in [1.29, 1.82) is 0 Å². The van der Waals surface area contributed by atoms with Crippen molar-refractivity contribution in [3.05, 3.63) is 16.9 Å². The summed E-state index contributed by atoms with van der Waals surface area (Å²) in [6.45, 7) is 10.7. The van der Waals surface area contributed by atoms with E-state index in [4.69, 9.17) is 11.6 Å². The third-order valence-electron chi connectivity index (χ3n) is 2.58. The topological polar surface area (TPSA) is 29.9 Å². The standard InChI is InChI=1S/C13H24ClN3/c1-5-9-17-12(11(14)10-16-17)7-6-8-15-13(2,3)4/h10,15H,5-9H2,1-4H3. The van der Waals surface area contributed by atoms with Gasteiger partial charge < -0.3 is 5.32 Å². The average Bonchev–Trinajstić information content (AvgIpc) is 2.55. The Morgan fingerprint density at radius 3 is 2.71 bits per heavy atom. The molecule has 0 atom stereocenters. The zero-order chi connectivity index (χ0) is 12.9. The molecule has 98 valence electrons. The van der Waals surface area contributed by atoms with Crippen molar-refractivity contribution in [1.82, 2.24) is 15.1 Å². The lowest BCUT2D eigenvalue weighted by molar-refractivity contribution is 0.420. The second-order valence-electron chi connectivity index (χ2n) is 5.44. The van der Waals surface area contributed by atoms with Crippen molar-refractivity contribution in [2.75, 3.05) is 6.54 Å². The normalized spacial score (nSPS) is 12.1. The predicted molar refractivity (Wildman–Crippen MR) is 73.6 cm³/mol. The summed E-state index contributed by atoms with van der Waals surface area (Å²) >= 11 is 6.15. The summed E-state index contributed by atoms with van der Waals surface area (Å²) < 4.78 is 2.03. The SMILES string of the molecule is CCCn1ncc(Cl)c1CCCNC(C)(C)C. The Hall–Kier alpha value is -0.540. The second kappa shape index (κ2) is 6.41. The van der Waals surface area contributed by atoms with Crippen molar-refractivity contribution >= 4 is 11.6 Å². The van der Waals surface area contributed by atoms with Crippen molar-refractivity contribution in [2.45, 2.75) is 59.0 Å². The summed E-state index contributed by atoms with van der Waals surface area (Å²) in [5.41, 5.74) is 1.36. The molecule has 0 unspecified atom stereocenters. The van der Waals surface area contributed by atoms with Gasteiger partial charge in [0.2, 0.25) is 0 Å². The molecule has 0 saturated heterocycles. The first kappa shape index (κ1) is 14.5. The minimum atomic E-state index is 0.188. The highest BCUT2D eigenvalue weighted by Gasteiger charge is 2.10. The highest BCUT2D eigenvalue weighted by molar-refractivity contribution is 6.31. The lowest BCUT2D eigenvalue weighted by Gasteiger charge is -2.20. The van der Waals surface area contributed by atoms with Gasteiger partial charge >= 0.3 is 0 Å². The molecule has 1 N–H and O–H groups in total. The van der Waals surface area contributed by atoms with Gasteiger partial charge in [0.25, 0.3) is 0 Å². The van der Waals surface area contributed by atoms with Crippen LogP contribution in [0.1, 0.15) is 46.2 Å². The van der Waals surface area contributed by atoms with Gasteiger partial charge in [0.15, 0.2) is 0 Å². The number of nitrogens with one attached hydrogen (secondary N) is 1. The van der Waals surface area contributed by atoms with E-state index in [1.165, 1.54) is 5.69 Å². The maximum Gasteiger partial charge on any atom is 0.0817 e. The van der Waals surface area contributed by atoms with E-state index in [2.05, 4.69) is 38.1 Å². The number of aryl methyl sites for hydroxylation is 1. The Balaban J connectivity index is 2.43. The van der Waals surface area contributed by atoms with Crippen LogP contribution in [-0.2, 0) is 13.0 Å². The summed E-state index contributed by atoms with van der Waals surface area (Å²) in [6.07, 6.45) is 4.92. The van der Waals surface area contributed by atoms with Crippen LogP contribution in [-0.4, -0.2) is 21.9 Å². The monoisotopic (exact) mass is 257 g/mol. The summed E-state index contributed by atoms with van der Waals surface area (Å²) in [4.78, 5) is 0. The van der Waals surface area contributed by atoms with E-state index in [0.29, 0.717) is 0 Å². The van der Waals surface area contributed by atoms with Crippen LogP contribution in [0.25, 0.3) is 0 Å². The van der Waals surface area contributed by atoms with Crippen molar-refractivity contribution in [3.63, 3.8) is 0 Å². The van der Waals surface area contributed by atoms with Crippen molar-refractivity contribution in [3.8, 4) is 0 Å². The molecule has 0 amide bonds. The molecule has 4 heteroatoms. The van der Waals surface area contributed by atoms with Crippen LogP contribution in [0.5, 0.6) is 0 Å². The molecular weight excluding hydrogens is 234 g/mol. The maximum absolute atomic E-state index is 6.15. The summed E-state index contributed by atoms with van der Waals surface area (Å²) in [7, 11) is 0. The average molecular weight is 258 g/mol. The summed E-state index contributed by atoms with van der Waals surface area (Å²) in [5, 5.41) is 8.58. The lowest BCUT2D eigenvalue weighted by atomic mass is 10.1. The zero-order valence-corrected chi connectivity index (χ0v) is 12.1. The minimum Gasteiger partial charge on any atom is -0.312 e. The molecule has 17 heavy (non-hydrogen) atoms. The van der Waals surface area contributed by atoms with Crippen LogP contribution in [0.2, 0.25) is 5.02 Å². The molecule has 1 aromatic heterocycles. The van der Waals surface area contributed by atoms with Gasteiger partial charge in [-0.25, -0.2) is 0 Å². The van der Waals surface area contributed by atoms with Gasteiger partial charge in [0.05, 0.1) is 16.9 Å². The molecule has 0 radical (unpaired) electrons. The molecule has 0 aromatic carbocycles. The third-order valence-corrected chi connectivity index (χ3v) is 2.89. The quantitative estimate of drug-likeness (QED) is 0.793. The van der Waals surface area contributed by atoms with Crippen LogP contribution in [0.15, 0.2) is 6.20 Å². The summed E-state index contributed by atoms with van der Waals surface area (Å²) in [5.74, 6) is 0. The van der Waals surface area contributed by atoms with E-state index in [1.807, 2.05) is 4.68 Å². The van der Waals surface area contributed by atoms with Gasteiger partial charge in [0.1, 0.15) is 0 Å². The Morgan fingerprint density at radius 1 is 1.41 bits per heavy atom. The molecule has 1 rings (SSSR count). The highest BCUT2D eigenvalue weighted by Crippen LogP contribution is 2.17. The van der Waals surface area contributed by atoms with Gasteiger partial charge in [-0.2, -0.15) is 5.10 Å². The first-order chi connectivity index (χ1) is 7.94. The Kier molecular flexibility index (Phi) is 5.47. The third kappa shape index (κ3) is 5.09. The first-order valence-electron chi connectivity index (χ1n) is 6.39. The van der Waals surface area contributed by atoms with E-state index in [1.54, 1.807) is 6.20 Å². The second-order valence-corrected chi connectivity index (χ2v) is 5.85. The maximum atomic E-state index is 6.15. The van der Waals surface area contributed by atoms with Crippen LogP contribution in [0, 0.1) is 0 Å². The Morgan fingerprint density at radius 2 is 2.12 bits per heavy atom. The van der Waals surface area contributed by atoms with Gasteiger partial charge in [-0.1, -0.05) is 18.5 Å². The highest BCUT2D eigenvalue weighted by atomic mass is 35.5. The van der Waals surface area contributed by atoms with E-state index in [0.717, 1.165) is 37.4 Å². The van der Waals surface area contributed by atoms with Crippen LogP contribution < -0.4 is 5.32 Å². The number of hydrogen-bond donors (Lipinski definition) is 1. The van der Waals surface area contributed by atoms with Gasteiger partial charge in [0, 0.05) is 12.1 Å². The van der Waals surface area contributed by atoms with Crippen LogP contribution in [0.3, 0.4) is 0 Å². The van der Waals surface area contributed by atoms with E-state index in [-0.39, 0.29) is 5.54 Å². The number of halogens is 1. The van der Waals surface area contributed by atoms with Crippen molar-refractivity contribution < 1.29 is 0 Å². The number of nitrogens with zero attached hydrogens (tertiary/aromatic N) is 2. The molecule has 0 aliphatic carbocycles. The summed E-state index contributed by atoms with van der Waals surface area (Å²) in [6, 6.07) is 0. The number of rotatable bonds is 6. The fourth-order valence-corrected chi connectivity index (χ4v) is 2.00. The molecule has 1 heterocycles. The van der Waals surface area contributed by atoms with Gasteiger partial charge in [-0.05, 0) is 46.6 Å².